The van der Waals surface area contributed by atoms with Crippen LogP contribution in [-0.4, -0.2) is 21.4 Å². The van der Waals surface area contributed by atoms with E-state index >= 15 is 0 Å². The Morgan fingerprint density at radius 2 is 0.833 bits per heavy atom. The van der Waals surface area contributed by atoms with Gasteiger partial charge in [-0.25, -0.2) is 9.59 Å². The largest absolute Gasteiger partial charge is 0.337 e. The Bertz CT molecular complexity index is 1630. The molecule has 3 aromatic carbocycles. The molecule has 2 aromatic heterocycles. The molecule has 0 unspecified atom stereocenters. The SMILES string of the molecule is O=C(Cc1ccccc1)On1c(=O)c2cc3c(=O)n(OC(=O)Cc4ccccc4)c(=O)c3cc2c1=O. The van der Waals surface area contributed by atoms with Crippen molar-refractivity contribution in [3.05, 3.63) is 125 Å². The molecular formula is C26H16N2O8. The van der Waals surface area contributed by atoms with E-state index in [1.807, 2.05) is 0 Å². The highest BCUT2D eigenvalue weighted by molar-refractivity contribution is 5.98. The molecule has 0 fully saturated rings. The van der Waals surface area contributed by atoms with Crippen LogP contribution in [0.3, 0.4) is 0 Å². The minimum Gasteiger partial charge on any atom is -0.329 e. The molecule has 178 valence electrons. The van der Waals surface area contributed by atoms with Crippen molar-refractivity contribution in [3.8, 4) is 0 Å². The lowest BCUT2D eigenvalue weighted by Crippen LogP contribution is -2.36. The van der Waals surface area contributed by atoms with Crippen molar-refractivity contribution in [2.75, 3.05) is 0 Å². The van der Waals surface area contributed by atoms with Gasteiger partial charge in [-0.1, -0.05) is 70.1 Å². The summed E-state index contributed by atoms with van der Waals surface area (Å²) in [5.74, 6) is -1.68. The lowest BCUT2D eigenvalue weighted by molar-refractivity contribution is -0.144. The van der Waals surface area contributed by atoms with Gasteiger partial charge < -0.3 is 9.68 Å². The molecule has 0 atom stereocenters. The second-order valence-electron chi connectivity index (χ2n) is 8.00. The second kappa shape index (κ2) is 8.91. The number of benzene rings is 3. The number of hydrogen-bond acceptors (Lipinski definition) is 8. The van der Waals surface area contributed by atoms with Gasteiger partial charge in [-0.05, 0) is 23.3 Å². The molecule has 5 rings (SSSR count). The maximum absolute atomic E-state index is 12.8. The van der Waals surface area contributed by atoms with Crippen LogP contribution >= 0.6 is 0 Å². The lowest BCUT2D eigenvalue weighted by atomic mass is 10.1. The zero-order valence-electron chi connectivity index (χ0n) is 18.5. The average molecular weight is 484 g/mol. The molecule has 0 aliphatic carbocycles. The maximum Gasteiger partial charge on any atom is 0.337 e. The van der Waals surface area contributed by atoms with Gasteiger partial charge in [0.1, 0.15) is 0 Å². The summed E-state index contributed by atoms with van der Waals surface area (Å²) in [7, 11) is 0. The van der Waals surface area contributed by atoms with Gasteiger partial charge in [0.15, 0.2) is 0 Å². The standard InChI is InChI=1S/C26H16N2O8/c29-21(11-15-7-3-1-4-8-15)35-27-23(31)17-13-19-20(14-18(17)24(27)32)26(34)28(25(19)33)36-22(30)12-16-9-5-2-6-10-16/h1-10,13-14H,11-12H2. The molecule has 0 aliphatic rings. The number of aromatic nitrogens is 2. The van der Waals surface area contributed by atoms with E-state index in [2.05, 4.69) is 0 Å². The number of fused-ring (bicyclic) bond motifs is 2. The predicted octanol–water partition coefficient (Wildman–Crippen LogP) is 0.308. The number of hydrogen-bond donors (Lipinski definition) is 0. The number of carbonyl (C=O) groups is 2. The average Bonchev–Trinajstić information content (AvgIpc) is 3.24. The van der Waals surface area contributed by atoms with E-state index in [4.69, 9.17) is 9.68 Å². The molecule has 0 bridgehead atoms. The lowest BCUT2D eigenvalue weighted by Gasteiger charge is -2.02. The molecule has 0 radical (unpaired) electrons. The molecule has 2 heterocycles. The molecule has 0 amide bonds. The van der Waals surface area contributed by atoms with Crippen LogP contribution in [0.1, 0.15) is 11.1 Å². The minimum absolute atomic E-state index is 0.176. The zero-order chi connectivity index (χ0) is 25.4. The number of nitrogens with zero attached hydrogens (tertiary/aromatic N) is 2. The van der Waals surface area contributed by atoms with E-state index in [0.29, 0.717) is 20.6 Å². The van der Waals surface area contributed by atoms with Crippen LogP contribution in [0.4, 0.5) is 0 Å². The van der Waals surface area contributed by atoms with Gasteiger partial charge >= 0.3 is 11.9 Å². The first kappa shape index (κ1) is 22.7. The molecular weight excluding hydrogens is 468 g/mol. The fourth-order valence-corrected chi connectivity index (χ4v) is 3.89. The second-order valence-corrected chi connectivity index (χ2v) is 8.00. The van der Waals surface area contributed by atoms with Crippen molar-refractivity contribution in [2.45, 2.75) is 12.8 Å². The Morgan fingerprint density at radius 3 is 1.14 bits per heavy atom. The van der Waals surface area contributed by atoms with Crippen molar-refractivity contribution in [1.82, 2.24) is 9.46 Å². The molecule has 10 heteroatoms. The van der Waals surface area contributed by atoms with E-state index in [1.165, 1.54) is 0 Å². The maximum atomic E-state index is 12.8. The van der Waals surface area contributed by atoms with Crippen LogP contribution in [0.15, 0.2) is 92.0 Å². The first-order chi connectivity index (χ1) is 17.3. The fourth-order valence-electron chi connectivity index (χ4n) is 3.89. The first-order valence-electron chi connectivity index (χ1n) is 10.8. The Labute approximate surface area is 200 Å². The van der Waals surface area contributed by atoms with Gasteiger partial charge in [0.25, 0.3) is 22.2 Å². The minimum atomic E-state index is -0.959. The molecule has 0 spiro atoms. The van der Waals surface area contributed by atoms with E-state index in [-0.39, 0.29) is 34.4 Å². The smallest absolute Gasteiger partial charge is 0.329 e. The fraction of sp³-hybridized carbons (Fsp3) is 0.0769. The third kappa shape index (κ3) is 4.00. The number of rotatable bonds is 6. The van der Waals surface area contributed by atoms with Gasteiger partial charge in [0.05, 0.1) is 34.4 Å². The highest BCUT2D eigenvalue weighted by Gasteiger charge is 2.23. The third-order valence-electron chi connectivity index (χ3n) is 5.59. The Balaban J connectivity index is 1.48. The Kier molecular flexibility index (Phi) is 5.61. The number of carbonyl (C=O) groups excluding carboxylic acids is 2. The molecule has 10 nitrogen and oxygen atoms in total. The van der Waals surface area contributed by atoms with Crippen LogP contribution in [-0.2, 0) is 22.4 Å². The van der Waals surface area contributed by atoms with Crippen LogP contribution in [0, 0.1) is 0 Å². The Morgan fingerprint density at radius 1 is 0.528 bits per heavy atom. The summed E-state index contributed by atoms with van der Waals surface area (Å²) >= 11 is 0. The van der Waals surface area contributed by atoms with Crippen LogP contribution < -0.4 is 31.9 Å². The Hall–Kier alpha value is -5.12. The van der Waals surface area contributed by atoms with Gasteiger partial charge in [0, 0.05) is 0 Å². The van der Waals surface area contributed by atoms with Crippen molar-refractivity contribution < 1.29 is 19.3 Å². The summed E-state index contributed by atoms with van der Waals surface area (Å²) in [4.78, 5) is 85.6. The van der Waals surface area contributed by atoms with Gasteiger partial charge in [-0.3, -0.25) is 19.2 Å². The quantitative estimate of drug-likeness (QED) is 0.337. The van der Waals surface area contributed by atoms with E-state index in [1.54, 1.807) is 60.7 Å². The molecule has 0 saturated heterocycles. The molecule has 0 aliphatic heterocycles. The van der Waals surface area contributed by atoms with Crippen LogP contribution in [0.2, 0.25) is 0 Å². The normalized spacial score (nSPS) is 11.1. The predicted molar refractivity (Wildman–Crippen MR) is 128 cm³/mol. The monoisotopic (exact) mass is 484 g/mol. The van der Waals surface area contributed by atoms with Crippen molar-refractivity contribution >= 4 is 33.5 Å². The van der Waals surface area contributed by atoms with E-state index < -0.39 is 34.2 Å². The van der Waals surface area contributed by atoms with Crippen molar-refractivity contribution in [2.24, 2.45) is 0 Å². The van der Waals surface area contributed by atoms with E-state index in [0.717, 1.165) is 12.1 Å². The zero-order valence-corrected chi connectivity index (χ0v) is 18.5. The van der Waals surface area contributed by atoms with Crippen molar-refractivity contribution in [1.29, 1.82) is 0 Å². The third-order valence-corrected chi connectivity index (χ3v) is 5.59. The summed E-state index contributed by atoms with van der Waals surface area (Å²) in [5, 5.41) is -0.871. The van der Waals surface area contributed by atoms with Gasteiger partial charge in [0.2, 0.25) is 0 Å². The summed E-state index contributed by atoms with van der Waals surface area (Å²) in [6.07, 6.45) is -0.351. The highest BCUT2D eigenvalue weighted by atomic mass is 16.7. The van der Waals surface area contributed by atoms with Crippen molar-refractivity contribution in [3.63, 3.8) is 0 Å². The molecule has 5 aromatic rings. The summed E-state index contributed by atoms with van der Waals surface area (Å²) < 4.78 is 0.607. The first-order valence-corrected chi connectivity index (χ1v) is 10.8. The van der Waals surface area contributed by atoms with Gasteiger partial charge in [-0.2, -0.15) is 0 Å². The highest BCUT2D eigenvalue weighted by Crippen LogP contribution is 2.14. The molecule has 0 N–H and O–H groups in total. The molecule has 0 saturated carbocycles. The van der Waals surface area contributed by atoms with E-state index in [9.17, 15) is 28.8 Å². The summed E-state index contributed by atoms with van der Waals surface area (Å²) in [6.45, 7) is 0. The van der Waals surface area contributed by atoms with Gasteiger partial charge in [-0.15, -0.1) is 0 Å². The topological polar surface area (TPSA) is 131 Å². The van der Waals surface area contributed by atoms with Crippen LogP contribution in [0.5, 0.6) is 0 Å². The van der Waals surface area contributed by atoms with Crippen LogP contribution in [0.25, 0.3) is 21.5 Å². The molecule has 36 heavy (non-hydrogen) atoms. The summed E-state index contributed by atoms with van der Waals surface area (Å²) in [5.41, 5.74) is -2.59. The summed E-state index contributed by atoms with van der Waals surface area (Å²) in [6, 6.07) is 19.3.